The smallest absolute Gasteiger partial charge is 0.168 e. The van der Waals surface area contributed by atoms with Gasteiger partial charge in [-0.15, -0.1) is 0 Å². The van der Waals surface area contributed by atoms with Crippen LogP contribution in [0.4, 0.5) is 0 Å². The zero-order chi connectivity index (χ0) is 19.9. The van der Waals surface area contributed by atoms with E-state index in [2.05, 4.69) is 33.8 Å². The molecule has 4 nitrogen and oxygen atoms in total. The Balaban J connectivity index is 2.32. The molecule has 3 rings (SSSR count). The Hall–Kier alpha value is -1.97. The van der Waals surface area contributed by atoms with E-state index in [9.17, 15) is 4.79 Å². The van der Waals surface area contributed by atoms with E-state index in [-0.39, 0.29) is 23.0 Å². The number of hydrogen-bond donors (Lipinski definition) is 0. The summed E-state index contributed by atoms with van der Waals surface area (Å²) in [6.45, 7) is 8.72. The SMILES string of the molecule is COc1c2c(c(OC)c(C(C)C)c1OC)C(=O)CC1C(=CCCC1(C)C)C2. The monoisotopic (exact) mass is 372 g/mol. The number of allylic oxidation sites excluding steroid dienone is 2. The van der Waals surface area contributed by atoms with Gasteiger partial charge >= 0.3 is 0 Å². The van der Waals surface area contributed by atoms with Crippen LogP contribution in [0.3, 0.4) is 0 Å². The van der Waals surface area contributed by atoms with Gasteiger partial charge in [0, 0.05) is 17.5 Å². The van der Waals surface area contributed by atoms with E-state index in [0.29, 0.717) is 35.7 Å². The summed E-state index contributed by atoms with van der Waals surface area (Å²) in [5.74, 6) is 2.56. The Labute approximate surface area is 162 Å². The average Bonchev–Trinajstić information content (AvgIpc) is 2.76. The first-order chi connectivity index (χ1) is 12.8. The predicted octanol–water partition coefficient (Wildman–Crippen LogP) is 5.33. The van der Waals surface area contributed by atoms with E-state index in [0.717, 1.165) is 24.0 Å². The van der Waals surface area contributed by atoms with Crippen LogP contribution in [0.25, 0.3) is 0 Å². The molecule has 0 saturated heterocycles. The number of Topliss-reactive ketones (excluding diaryl/α,β-unsaturated/α-hetero) is 1. The topological polar surface area (TPSA) is 44.8 Å². The normalized spacial score (nSPS) is 21.1. The lowest BCUT2D eigenvalue weighted by Gasteiger charge is -2.38. The molecule has 1 unspecified atom stereocenters. The van der Waals surface area contributed by atoms with Crippen LogP contribution in [0.1, 0.15) is 74.4 Å². The molecule has 0 radical (unpaired) electrons. The van der Waals surface area contributed by atoms with Gasteiger partial charge in [-0.05, 0) is 36.5 Å². The number of fused-ring (bicyclic) bond motifs is 2. The van der Waals surface area contributed by atoms with Crippen molar-refractivity contribution in [3.05, 3.63) is 28.3 Å². The largest absolute Gasteiger partial charge is 0.496 e. The average molecular weight is 373 g/mol. The fourth-order valence-electron chi connectivity index (χ4n) is 4.91. The lowest BCUT2D eigenvalue weighted by molar-refractivity contribution is 0.0917. The van der Waals surface area contributed by atoms with Crippen LogP contribution < -0.4 is 14.2 Å². The van der Waals surface area contributed by atoms with E-state index in [1.54, 1.807) is 21.3 Å². The fourth-order valence-corrected chi connectivity index (χ4v) is 4.91. The Bertz CT molecular complexity index is 786. The van der Waals surface area contributed by atoms with Gasteiger partial charge in [-0.1, -0.05) is 39.3 Å². The molecule has 0 aliphatic heterocycles. The summed E-state index contributed by atoms with van der Waals surface area (Å²) in [5.41, 5.74) is 3.96. The van der Waals surface area contributed by atoms with E-state index in [4.69, 9.17) is 14.2 Å². The quantitative estimate of drug-likeness (QED) is 0.670. The Morgan fingerprint density at radius 3 is 2.22 bits per heavy atom. The highest BCUT2D eigenvalue weighted by molar-refractivity contribution is 6.03. The van der Waals surface area contributed by atoms with Crippen molar-refractivity contribution in [2.45, 2.75) is 59.3 Å². The summed E-state index contributed by atoms with van der Waals surface area (Å²) in [4.78, 5) is 13.5. The summed E-state index contributed by atoms with van der Waals surface area (Å²) >= 11 is 0. The number of ether oxygens (including phenoxy) is 3. The maximum atomic E-state index is 13.5. The van der Waals surface area contributed by atoms with Crippen LogP contribution in [0.2, 0.25) is 0 Å². The molecule has 0 N–H and O–H groups in total. The summed E-state index contributed by atoms with van der Waals surface area (Å²) in [6.07, 6.45) is 5.73. The molecule has 1 aromatic carbocycles. The van der Waals surface area contributed by atoms with Gasteiger partial charge in [-0.2, -0.15) is 0 Å². The molecule has 2 aliphatic rings. The molecule has 27 heavy (non-hydrogen) atoms. The molecule has 148 valence electrons. The molecular weight excluding hydrogens is 340 g/mol. The maximum Gasteiger partial charge on any atom is 0.168 e. The second-order valence-electron chi connectivity index (χ2n) is 8.68. The number of carbonyl (C=O) groups excluding carboxylic acids is 1. The van der Waals surface area contributed by atoms with Crippen LogP contribution in [-0.4, -0.2) is 27.1 Å². The first kappa shape index (κ1) is 19.8. The second kappa shape index (κ2) is 7.21. The molecular formula is C23H32O4. The van der Waals surface area contributed by atoms with Gasteiger partial charge in [0.05, 0.1) is 26.9 Å². The molecule has 0 aromatic heterocycles. The van der Waals surface area contributed by atoms with Crippen LogP contribution in [0.15, 0.2) is 11.6 Å². The van der Waals surface area contributed by atoms with Gasteiger partial charge in [0.25, 0.3) is 0 Å². The molecule has 0 amide bonds. The Morgan fingerprint density at radius 1 is 1.04 bits per heavy atom. The number of hydrogen-bond acceptors (Lipinski definition) is 4. The van der Waals surface area contributed by atoms with E-state index in [1.165, 1.54) is 5.57 Å². The highest BCUT2D eigenvalue weighted by Crippen LogP contribution is 2.53. The van der Waals surface area contributed by atoms with Crippen molar-refractivity contribution in [2.24, 2.45) is 11.3 Å². The third kappa shape index (κ3) is 3.13. The van der Waals surface area contributed by atoms with Gasteiger partial charge in [0.2, 0.25) is 0 Å². The highest BCUT2D eigenvalue weighted by atomic mass is 16.5. The third-order valence-electron chi connectivity index (χ3n) is 6.32. The number of carbonyl (C=O) groups is 1. The fraction of sp³-hybridized carbons (Fsp3) is 0.609. The molecule has 0 saturated carbocycles. The molecule has 2 aliphatic carbocycles. The number of benzene rings is 1. The summed E-state index contributed by atoms with van der Waals surface area (Å²) in [7, 11) is 4.95. The minimum absolute atomic E-state index is 0.118. The van der Waals surface area contributed by atoms with Gasteiger partial charge in [0.15, 0.2) is 17.3 Å². The number of rotatable bonds is 4. The lowest BCUT2D eigenvalue weighted by Crippen LogP contribution is -2.30. The van der Waals surface area contributed by atoms with E-state index >= 15 is 0 Å². The Kier molecular flexibility index (Phi) is 5.29. The van der Waals surface area contributed by atoms with E-state index < -0.39 is 0 Å². The number of methoxy groups -OCH3 is 3. The van der Waals surface area contributed by atoms with Gasteiger partial charge < -0.3 is 14.2 Å². The lowest BCUT2D eigenvalue weighted by atomic mass is 9.66. The first-order valence-corrected chi connectivity index (χ1v) is 9.83. The van der Waals surface area contributed by atoms with Crippen LogP contribution in [0, 0.1) is 11.3 Å². The standard InChI is InChI=1S/C23H32O4/c1-13(2)18-21(26-6)19-15(20(25-5)22(18)27-7)11-14-9-8-10-23(3,4)16(14)12-17(19)24/h9,13,16H,8,10-12H2,1-7H3. The second-order valence-corrected chi connectivity index (χ2v) is 8.68. The molecule has 0 bridgehead atoms. The van der Waals surface area contributed by atoms with Crippen molar-refractivity contribution in [1.82, 2.24) is 0 Å². The van der Waals surface area contributed by atoms with Gasteiger partial charge in [-0.3, -0.25) is 4.79 Å². The van der Waals surface area contributed by atoms with Crippen molar-refractivity contribution in [2.75, 3.05) is 21.3 Å². The van der Waals surface area contributed by atoms with Crippen LogP contribution in [-0.2, 0) is 6.42 Å². The van der Waals surface area contributed by atoms with Crippen LogP contribution >= 0.6 is 0 Å². The Morgan fingerprint density at radius 2 is 1.67 bits per heavy atom. The molecule has 0 spiro atoms. The molecule has 1 atom stereocenters. The van der Waals surface area contributed by atoms with Gasteiger partial charge in [-0.25, -0.2) is 0 Å². The highest BCUT2D eigenvalue weighted by Gasteiger charge is 2.41. The van der Waals surface area contributed by atoms with E-state index in [1.807, 2.05) is 0 Å². The third-order valence-corrected chi connectivity index (χ3v) is 6.32. The van der Waals surface area contributed by atoms with Crippen LogP contribution in [0.5, 0.6) is 17.2 Å². The van der Waals surface area contributed by atoms with Crippen molar-refractivity contribution >= 4 is 5.78 Å². The molecule has 0 fully saturated rings. The minimum atomic E-state index is 0.118. The van der Waals surface area contributed by atoms with Gasteiger partial charge in [0.1, 0.15) is 5.75 Å². The zero-order valence-corrected chi connectivity index (χ0v) is 17.7. The van der Waals surface area contributed by atoms with Crippen molar-refractivity contribution in [3.8, 4) is 17.2 Å². The number of ketones is 1. The summed E-state index contributed by atoms with van der Waals surface area (Å²) in [5, 5.41) is 0. The molecule has 0 heterocycles. The summed E-state index contributed by atoms with van der Waals surface area (Å²) < 4.78 is 17.4. The first-order valence-electron chi connectivity index (χ1n) is 9.83. The minimum Gasteiger partial charge on any atom is -0.496 e. The zero-order valence-electron chi connectivity index (χ0n) is 17.7. The predicted molar refractivity (Wildman–Crippen MR) is 107 cm³/mol. The van der Waals surface area contributed by atoms with Crippen molar-refractivity contribution in [1.29, 1.82) is 0 Å². The maximum absolute atomic E-state index is 13.5. The molecule has 1 aromatic rings. The molecule has 4 heteroatoms. The van der Waals surface area contributed by atoms with Crippen molar-refractivity contribution < 1.29 is 19.0 Å². The summed E-state index contributed by atoms with van der Waals surface area (Å²) in [6, 6.07) is 0. The van der Waals surface area contributed by atoms with Crippen molar-refractivity contribution in [3.63, 3.8) is 0 Å².